The van der Waals surface area contributed by atoms with E-state index in [1.54, 1.807) is 21.3 Å². The Bertz CT molecular complexity index is 332. The normalized spacial score (nSPS) is 9.79. The van der Waals surface area contributed by atoms with E-state index in [0.717, 1.165) is 16.9 Å². The highest BCUT2D eigenvalue weighted by Gasteiger charge is 2.15. The predicted molar refractivity (Wildman–Crippen MR) is 55.6 cm³/mol. The number of ether oxygens (including phenoxy) is 3. The van der Waals surface area contributed by atoms with Gasteiger partial charge in [-0.25, -0.2) is 0 Å². The lowest BCUT2D eigenvalue weighted by molar-refractivity contribution is 0.322. The standard InChI is InChI=1S/C11H16O3/c1-7-6-9(12-3)11(14-5)10(13-4)8(7)2/h6H,1-5H3. The first-order valence-corrected chi connectivity index (χ1v) is 4.41. The molecule has 0 fully saturated rings. The minimum absolute atomic E-state index is 0.651. The summed E-state index contributed by atoms with van der Waals surface area (Å²) in [7, 11) is 4.85. The van der Waals surface area contributed by atoms with Crippen LogP contribution in [0.5, 0.6) is 17.2 Å². The van der Waals surface area contributed by atoms with Gasteiger partial charge in [-0.15, -0.1) is 0 Å². The molecule has 0 spiro atoms. The molecule has 3 heteroatoms. The van der Waals surface area contributed by atoms with Gasteiger partial charge in [0.05, 0.1) is 21.3 Å². The van der Waals surface area contributed by atoms with Gasteiger partial charge in [0.2, 0.25) is 5.75 Å². The minimum atomic E-state index is 0.651. The van der Waals surface area contributed by atoms with Crippen molar-refractivity contribution in [2.24, 2.45) is 0 Å². The lowest BCUT2D eigenvalue weighted by Gasteiger charge is -2.15. The molecule has 0 aliphatic carbocycles. The van der Waals surface area contributed by atoms with Gasteiger partial charge in [0.1, 0.15) is 0 Å². The SMILES string of the molecule is COc1cc(C)c(C)c(OC)c1OC. The van der Waals surface area contributed by atoms with Crippen LogP contribution in [-0.4, -0.2) is 21.3 Å². The molecule has 1 aromatic rings. The molecule has 0 atom stereocenters. The molecule has 1 aromatic carbocycles. The average Bonchev–Trinajstić information content (AvgIpc) is 2.20. The van der Waals surface area contributed by atoms with E-state index in [4.69, 9.17) is 14.2 Å². The number of methoxy groups -OCH3 is 3. The second-order valence-electron chi connectivity index (χ2n) is 3.09. The van der Waals surface area contributed by atoms with E-state index in [2.05, 4.69) is 0 Å². The Hall–Kier alpha value is -1.38. The second kappa shape index (κ2) is 4.22. The summed E-state index contributed by atoms with van der Waals surface area (Å²) < 4.78 is 15.7. The molecule has 0 aromatic heterocycles. The van der Waals surface area contributed by atoms with Gasteiger partial charge >= 0.3 is 0 Å². The van der Waals surface area contributed by atoms with Gasteiger partial charge in [-0.1, -0.05) is 0 Å². The van der Waals surface area contributed by atoms with Gasteiger partial charge < -0.3 is 14.2 Å². The van der Waals surface area contributed by atoms with E-state index in [1.807, 2.05) is 19.9 Å². The Kier molecular flexibility index (Phi) is 3.23. The first-order valence-electron chi connectivity index (χ1n) is 4.41. The molecule has 3 nitrogen and oxygen atoms in total. The summed E-state index contributed by atoms with van der Waals surface area (Å²) in [4.78, 5) is 0. The Balaban J connectivity index is 3.42. The molecule has 0 bridgehead atoms. The molecular weight excluding hydrogens is 180 g/mol. The zero-order chi connectivity index (χ0) is 10.7. The van der Waals surface area contributed by atoms with Gasteiger partial charge in [0.15, 0.2) is 11.5 Å². The van der Waals surface area contributed by atoms with E-state index in [9.17, 15) is 0 Å². The Morgan fingerprint density at radius 1 is 0.857 bits per heavy atom. The molecule has 0 amide bonds. The summed E-state index contributed by atoms with van der Waals surface area (Å²) in [6.45, 7) is 4.01. The molecule has 0 aliphatic heterocycles. The molecule has 0 radical (unpaired) electrons. The molecule has 0 unspecified atom stereocenters. The van der Waals surface area contributed by atoms with Crippen molar-refractivity contribution in [3.05, 3.63) is 17.2 Å². The molecule has 1 rings (SSSR count). The van der Waals surface area contributed by atoms with Crippen molar-refractivity contribution >= 4 is 0 Å². The summed E-state index contributed by atoms with van der Waals surface area (Å²) in [6, 6.07) is 1.94. The van der Waals surface area contributed by atoms with Crippen LogP contribution in [0.2, 0.25) is 0 Å². The van der Waals surface area contributed by atoms with E-state index >= 15 is 0 Å². The van der Waals surface area contributed by atoms with Crippen LogP contribution in [0.15, 0.2) is 6.07 Å². The van der Waals surface area contributed by atoms with Gasteiger partial charge in [-0.3, -0.25) is 0 Å². The molecule has 14 heavy (non-hydrogen) atoms. The smallest absolute Gasteiger partial charge is 0.203 e. The van der Waals surface area contributed by atoms with Gasteiger partial charge in [0, 0.05) is 0 Å². The Labute approximate surface area is 84.6 Å². The van der Waals surface area contributed by atoms with E-state index in [1.165, 1.54) is 0 Å². The van der Waals surface area contributed by atoms with Gasteiger partial charge in [0.25, 0.3) is 0 Å². The maximum atomic E-state index is 5.29. The molecule has 0 saturated heterocycles. The third-order valence-electron chi connectivity index (χ3n) is 2.34. The first-order chi connectivity index (χ1) is 6.65. The summed E-state index contributed by atoms with van der Waals surface area (Å²) in [5.74, 6) is 2.09. The Morgan fingerprint density at radius 2 is 1.43 bits per heavy atom. The maximum Gasteiger partial charge on any atom is 0.203 e. The zero-order valence-corrected chi connectivity index (χ0v) is 9.30. The molecule has 0 heterocycles. The van der Waals surface area contributed by atoms with E-state index in [0.29, 0.717) is 11.5 Å². The van der Waals surface area contributed by atoms with Crippen LogP contribution in [0.1, 0.15) is 11.1 Å². The Morgan fingerprint density at radius 3 is 1.86 bits per heavy atom. The van der Waals surface area contributed by atoms with Crippen LogP contribution in [0.3, 0.4) is 0 Å². The largest absolute Gasteiger partial charge is 0.493 e. The quantitative estimate of drug-likeness (QED) is 0.742. The topological polar surface area (TPSA) is 27.7 Å². The lowest BCUT2D eigenvalue weighted by Crippen LogP contribution is -1.98. The van der Waals surface area contributed by atoms with Crippen molar-refractivity contribution in [2.45, 2.75) is 13.8 Å². The monoisotopic (exact) mass is 196 g/mol. The van der Waals surface area contributed by atoms with Crippen LogP contribution in [-0.2, 0) is 0 Å². The summed E-state index contributed by atoms with van der Waals surface area (Å²) in [5, 5.41) is 0. The van der Waals surface area contributed by atoms with Crippen molar-refractivity contribution in [2.75, 3.05) is 21.3 Å². The first kappa shape index (κ1) is 10.7. The van der Waals surface area contributed by atoms with E-state index < -0.39 is 0 Å². The highest BCUT2D eigenvalue weighted by molar-refractivity contribution is 5.58. The number of hydrogen-bond donors (Lipinski definition) is 0. The van der Waals surface area contributed by atoms with Crippen molar-refractivity contribution in [1.29, 1.82) is 0 Å². The van der Waals surface area contributed by atoms with E-state index in [-0.39, 0.29) is 0 Å². The van der Waals surface area contributed by atoms with Crippen LogP contribution in [0.4, 0.5) is 0 Å². The second-order valence-corrected chi connectivity index (χ2v) is 3.09. The van der Waals surface area contributed by atoms with Crippen molar-refractivity contribution in [3.63, 3.8) is 0 Å². The molecule has 0 saturated carbocycles. The molecular formula is C11H16O3. The maximum absolute atomic E-state index is 5.29. The number of hydrogen-bond acceptors (Lipinski definition) is 3. The zero-order valence-electron chi connectivity index (χ0n) is 9.30. The molecule has 78 valence electrons. The fraction of sp³-hybridized carbons (Fsp3) is 0.455. The van der Waals surface area contributed by atoms with Gasteiger partial charge in [-0.2, -0.15) is 0 Å². The van der Waals surface area contributed by atoms with Crippen LogP contribution in [0, 0.1) is 13.8 Å². The minimum Gasteiger partial charge on any atom is -0.493 e. The van der Waals surface area contributed by atoms with Gasteiger partial charge in [-0.05, 0) is 31.0 Å². The van der Waals surface area contributed by atoms with Crippen molar-refractivity contribution in [1.82, 2.24) is 0 Å². The predicted octanol–water partition coefficient (Wildman–Crippen LogP) is 2.33. The fourth-order valence-corrected chi connectivity index (χ4v) is 1.42. The molecule has 0 N–H and O–H groups in total. The molecule has 0 aliphatic rings. The fourth-order valence-electron chi connectivity index (χ4n) is 1.42. The third-order valence-corrected chi connectivity index (χ3v) is 2.34. The average molecular weight is 196 g/mol. The van der Waals surface area contributed by atoms with Crippen molar-refractivity contribution in [3.8, 4) is 17.2 Å². The van der Waals surface area contributed by atoms with Crippen LogP contribution in [0.25, 0.3) is 0 Å². The number of benzene rings is 1. The highest BCUT2D eigenvalue weighted by atomic mass is 16.5. The number of aryl methyl sites for hydroxylation is 1. The highest BCUT2D eigenvalue weighted by Crippen LogP contribution is 2.41. The van der Waals surface area contributed by atoms with Crippen LogP contribution >= 0.6 is 0 Å². The summed E-state index contributed by atoms with van der Waals surface area (Å²) in [5.41, 5.74) is 2.20. The number of rotatable bonds is 3. The summed E-state index contributed by atoms with van der Waals surface area (Å²) >= 11 is 0. The summed E-state index contributed by atoms with van der Waals surface area (Å²) in [6.07, 6.45) is 0. The third kappa shape index (κ3) is 1.62. The van der Waals surface area contributed by atoms with Crippen LogP contribution < -0.4 is 14.2 Å². The lowest BCUT2D eigenvalue weighted by atomic mass is 10.1. The van der Waals surface area contributed by atoms with Crippen molar-refractivity contribution < 1.29 is 14.2 Å².